The molecule has 1 unspecified atom stereocenters. The summed E-state index contributed by atoms with van der Waals surface area (Å²) in [4.78, 5) is 7.14. The highest BCUT2D eigenvalue weighted by Gasteiger charge is 1.90. The third-order valence-corrected chi connectivity index (χ3v) is 1.58. The number of hydrogen-bond acceptors (Lipinski definition) is 1. The molecular weight excluding hydrogens is 131 g/mol. The second kappa shape index (κ2) is 3.62. The van der Waals surface area contributed by atoms with E-state index in [0.29, 0.717) is 0 Å². The summed E-state index contributed by atoms with van der Waals surface area (Å²) < 4.78 is 0. The number of hydrogen-bond donors (Lipinski definition) is 1. The molecule has 1 heterocycles. The molecule has 0 amide bonds. The van der Waals surface area contributed by atoms with E-state index >= 15 is 0 Å². The number of rotatable bonds is 3. The minimum atomic E-state index is 1.07. The summed E-state index contributed by atoms with van der Waals surface area (Å²) in [5, 5.41) is 0. The fourth-order valence-corrected chi connectivity index (χ4v) is 0.908. The van der Waals surface area contributed by atoms with Crippen molar-refractivity contribution in [2.24, 2.45) is 0 Å². The number of aromatic amines is 1. The highest BCUT2D eigenvalue weighted by Crippen LogP contribution is 1.96. The summed E-state index contributed by atoms with van der Waals surface area (Å²) in [6.07, 6.45) is 7.06. The first-order valence-electron chi connectivity index (χ1n) is 3.12. The normalized spacial score (nSPS) is 9.89. The van der Waals surface area contributed by atoms with Crippen LogP contribution in [0.15, 0.2) is 12.4 Å². The van der Waals surface area contributed by atoms with Gasteiger partial charge in [0.1, 0.15) is 5.82 Å². The highest BCUT2D eigenvalue weighted by molar-refractivity contribution is 7.16. The van der Waals surface area contributed by atoms with Gasteiger partial charge in [-0.25, -0.2) is 4.98 Å². The summed E-state index contributed by atoms with van der Waals surface area (Å²) in [6, 6.07) is 0. The fourth-order valence-electron chi connectivity index (χ4n) is 0.704. The fraction of sp³-hybridized carbons (Fsp3) is 0.500. The lowest BCUT2D eigenvalue weighted by molar-refractivity contribution is 0.865. The van der Waals surface area contributed by atoms with E-state index < -0.39 is 0 Å². The van der Waals surface area contributed by atoms with Crippen molar-refractivity contribution in [2.75, 3.05) is 6.16 Å². The van der Waals surface area contributed by atoms with Crippen LogP contribution in [-0.4, -0.2) is 16.1 Å². The number of imidazole rings is 1. The first kappa shape index (κ1) is 6.76. The number of nitrogens with one attached hydrogen (secondary N) is 1. The van der Waals surface area contributed by atoms with Crippen molar-refractivity contribution in [3.8, 4) is 0 Å². The highest BCUT2D eigenvalue weighted by atomic mass is 31.0. The molecule has 0 aliphatic rings. The van der Waals surface area contributed by atoms with E-state index in [4.69, 9.17) is 0 Å². The maximum atomic E-state index is 4.09. The Morgan fingerprint density at radius 3 is 3.11 bits per heavy atom. The summed E-state index contributed by atoms with van der Waals surface area (Å²) in [6.45, 7) is 0. The van der Waals surface area contributed by atoms with Gasteiger partial charge < -0.3 is 4.98 Å². The zero-order chi connectivity index (χ0) is 6.53. The number of aryl methyl sites for hydroxylation is 1. The van der Waals surface area contributed by atoms with Crippen LogP contribution < -0.4 is 0 Å². The summed E-state index contributed by atoms with van der Waals surface area (Å²) in [5.74, 6) is 1.09. The van der Waals surface area contributed by atoms with Crippen LogP contribution >= 0.6 is 9.24 Å². The Labute approximate surface area is 57.3 Å². The Morgan fingerprint density at radius 1 is 1.67 bits per heavy atom. The predicted octanol–water partition coefficient (Wildman–Crippen LogP) is 1.22. The van der Waals surface area contributed by atoms with Crippen LogP contribution in [0.3, 0.4) is 0 Å². The molecule has 50 valence electrons. The van der Waals surface area contributed by atoms with Gasteiger partial charge in [0.2, 0.25) is 0 Å². The second-order valence-corrected chi connectivity index (χ2v) is 2.51. The summed E-state index contributed by atoms with van der Waals surface area (Å²) >= 11 is 0. The molecule has 0 radical (unpaired) electrons. The van der Waals surface area contributed by atoms with Crippen molar-refractivity contribution >= 4 is 9.24 Å². The average Bonchev–Trinajstić information content (AvgIpc) is 2.34. The maximum absolute atomic E-state index is 4.09. The molecule has 0 aliphatic heterocycles. The van der Waals surface area contributed by atoms with Gasteiger partial charge >= 0.3 is 0 Å². The molecule has 1 rings (SSSR count). The molecule has 1 aromatic rings. The molecule has 1 N–H and O–H groups in total. The topological polar surface area (TPSA) is 28.7 Å². The van der Waals surface area contributed by atoms with E-state index in [1.165, 1.54) is 6.42 Å². The molecule has 0 spiro atoms. The Bertz CT molecular complexity index is 148. The van der Waals surface area contributed by atoms with Crippen LogP contribution in [0, 0.1) is 0 Å². The maximum Gasteiger partial charge on any atom is 0.106 e. The minimum absolute atomic E-state index is 1.07. The van der Waals surface area contributed by atoms with Crippen molar-refractivity contribution in [3.05, 3.63) is 18.2 Å². The standard InChI is InChI=1S/C6H11N2P/c9-5-1-2-6-7-3-4-8-6/h3-4H,1-2,5,9H2,(H,7,8). The number of H-pyrrole nitrogens is 1. The monoisotopic (exact) mass is 142 g/mol. The van der Waals surface area contributed by atoms with Gasteiger partial charge in [-0.2, -0.15) is 0 Å². The summed E-state index contributed by atoms with van der Waals surface area (Å²) in [7, 11) is 2.70. The molecule has 9 heavy (non-hydrogen) atoms. The molecule has 0 saturated carbocycles. The molecule has 0 saturated heterocycles. The number of nitrogens with zero attached hydrogens (tertiary/aromatic N) is 1. The largest absolute Gasteiger partial charge is 0.349 e. The van der Waals surface area contributed by atoms with Gasteiger partial charge in [0, 0.05) is 18.8 Å². The van der Waals surface area contributed by atoms with Crippen molar-refractivity contribution in [1.82, 2.24) is 9.97 Å². The van der Waals surface area contributed by atoms with E-state index in [9.17, 15) is 0 Å². The van der Waals surface area contributed by atoms with Crippen molar-refractivity contribution < 1.29 is 0 Å². The molecule has 2 nitrogen and oxygen atoms in total. The number of aromatic nitrogens is 2. The third-order valence-electron chi connectivity index (χ3n) is 1.17. The quantitative estimate of drug-likeness (QED) is 0.631. The Hall–Kier alpha value is -0.360. The lowest BCUT2D eigenvalue weighted by Gasteiger charge is -1.90. The molecule has 0 bridgehead atoms. The van der Waals surface area contributed by atoms with E-state index in [1.807, 2.05) is 6.20 Å². The van der Waals surface area contributed by atoms with Gasteiger partial charge in [0.15, 0.2) is 0 Å². The third kappa shape index (κ3) is 2.15. The van der Waals surface area contributed by atoms with E-state index in [-0.39, 0.29) is 0 Å². The predicted molar refractivity (Wildman–Crippen MR) is 41.5 cm³/mol. The molecule has 1 atom stereocenters. The van der Waals surface area contributed by atoms with Crippen LogP contribution in [0.4, 0.5) is 0 Å². The smallest absolute Gasteiger partial charge is 0.106 e. The Balaban J connectivity index is 2.30. The Kier molecular flexibility index (Phi) is 2.72. The first-order chi connectivity index (χ1) is 4.43. The van der Waals surface area contributed by atoms with Gasteiger partial charge in [-0.15, -0.1) is 9.24 Å². The van der Waals surface area contributed by atoms with Crippen LogP contribution in [-0.2, 0) is 6.42 Å². The zero-order valence-corrected chi connectivity index (χ0v) is 6.46. The van der Waals surface area contributed by atoms with Gasteiger partial charge in [-0.1, -0.05) is 0 Å². The van der Waals surface area contributed by atoms with Crippen molar-refractivity contribution in [3.63, 3.8) is 0 Å². The van der Waals surface area contributed by atoms with Crippen LogP contribution in [0.25, 0.3) is 0 Å². The average molecular weight is 142 g/mol. The van der Waals surface area contributed by atoms with Crippen molar-refractivity contribution in [2.45, 2.75) is 12.8 Å². The molecule has 0 fully saturated rings. The van der Waals surface area contributed by atoms with Crippen LogP contribution in [0.2, 0.25) is 0 Å². The van der Waals surface area contributed by atoms with Gasteiger partial charge in [-0.3, -0.25) is 0 Å². The van der Waals surface area contributed by atoms with Gasteiger partial charge in [0.05, 0.1) is 0 Å². The SMILES string of the molecule is PCCCc1ncc[nH]1. The minimum Gasteiger partial charge on any atom is -0.349 e. The molecule has 0 aliphatic carbocycles. The molecule has 3 heteroatoms. The lowest BCUT2D eigenvalue weighted by Crippen LogP contribution is -1.87. The molecule has 0 aromatic carbocycles. The lowest BCUT2D eigenvalue weighted by atomic mass is 10.3. The van der Waals surface area contributed by atoms with Crippen LogP contribution in [0.5, 0.6) is 0 Å². The Morgan fingerprint density at radius 2 is 2.56 bits per heavy atom. The zero-order valence-electron chi connectivity index (χ0n) is 5.30. The van der Waals surface area contributed by atoms with E-state index in [2.05, 4.69) is 19.2 Å². The van der Waals surface area contributed by atoms with Gasteiger partial charge in [-0.05, 0) is 12.6 Å². The van der Waals surface area contributed by atoms with Crippen LogP contribution in [0.1, 0.15) is 12.2 Å². The first-order valence-corrected chi connectivity index (χ1v) is 3.93. The molecular formula is C6H11N2P. The van der Waals surface area contributed by atoms with Gasteiger partial charge in [0.25, 0.3) is 0 Å². The van der Waals surface area contributed by atoms with E-state index in [1.54, 1.807) is 6.20 Å². The van der Waals surface area contributed by atoms with E-state index in [0.717, 1.165) is 18.4 Å². The van der Waals surface area contributed by atoms with Crippen molar-refractivity contribution in [1.29, 1.82) is 0 Å². The molecule has 1 aromatic heterocycles. The second-order valence-electron chi connectivity index (χ2n) is 1.93. The summed E-state index contributed by atoms with van der Waals surface area (Å²) in [5.41, 5.74) is 0.